The molecule has 5 rings (SSSR count). The van der Waals surface area contributed by atoms with Crippen molar-refractivity contribution in [3.63, 3.8) is 0 Å². The second kappa shape index (κ2) is 11.4. The predicted molar refractivity (Wildman–Crippen MR) is 136 cm³/mol. The number of rotatable bonds is 10. The molecule has 1 atom stereocenters. The number of aromatic nitrogens is 3. The maximum Gasteiger partial charge on any atom is 0.270 e. The monoisotopic (exact) mass is 556 g/mol. The van der Waals surface area contributed by atoms with Gasteiger partial charge in [0.05, 0.1) is 16.8 Å². The van der Waals surface area contributed by atoms with Gasteiger partial charge in [-0.1, -0.05) is 6.07 Å². The maximum atomic E-state index is 12.5. The lowest BCUT2D eigenvalue weighted by Gasteiger charge is -2.31. The highest BCUT2D eigenvalue weighted by Crippen LogP contribution is 2.35. The molecule has 1 saturated carbocycles. The molecular formula is C25H29BrN6O4. The van der Waals surface area contributed by atoms with E-state index in [-0.39, 0.29) is 18.1 Å². The fourth-order valence-corrected chi connectivity index (χ4v) is 5.06. The smallest absolute Gasteiger partial charge is 0.270 e. The zero-order valence-corrected chi connectivity index (χ0v) is 21.4. The fourth-order valence-electron chi connectivity index (χ4n) is 4.36. The zero-order chi connectivity index (χ0) is 24.9. The summed E-state index contributed by atoms with van der Waals surface area (Å²) < 4.78 is 12.1. The van der Waals surface area contributed by atoms with Crippen LogP contribution in [0.4, 0.5) is 5.82 Å². The number of aliphatic hydroxyl groups excluding tert-OH is 1. The summed E-state index contributed by atoms with van der Waals surface area (Å²) in [5, 5.41) is 16.7. The Kier molecular flexibility index (Phi) is 7.78. The number of carbonyl (C=O) groups is 1. The van der Waals surface area contributed by atoms with Crippen molar-refractivity contribution in [1.29, 1.82) is 0 Å². The number of amides is 1. The third kappa shape index (κ3) is 6.03. The first-order chi connectivity index (χ1) is 17.5. The van der Waals surface area contributed by atoms with Gasteiger partial charge in [-0.15, -0.1) is 0 Å². The van der Waals surface area contributed by atoms with E-state index in [1.54, 1.807) is 12.3 Å². The highest BCUT2D eigenvalue weighted by molar-refractivity contribution is 9.10. The zero-order valence-electron chi connectivity index (χ0n) is 19.8. The van der Waals surface area contributed by atoms with Gasteiger partial charge < -0.3 is 24.9 Å². The molecule has 1 amide bonds. The molecule has 3 N–H and O–H groups in total. The van der Waals surface area contributed by atoms with Crippen LogP contribution in [0.2, 0.25) is 0 Å². The Morgan fingerprint density at radius 3 is 3.00 bits per heavy atom. The van der Waals surface area contributed by atoms with Gasteiger partial charge in [-0.05, 0) is 58.8 Å². The number of carbonyl (C=O) groups excluding carboxylic acids is 1. The number of β-amino-alcohol motifs (C(OH)–C–C–N with tert-alkyl or cyclic N) is 1. The molecule has 1 aliphatic carbocycles. The van der Waals surface area contributed by atoms with Crippen LogP contribution in [0.5, 0.6) is 5.75 Å². The molecule has 2 aliphatic rings. The highest BCUT2D eigenvalue weighted by Gasteiger charge is 2.23. The third-order valence-electron chi connectivity index (χ3n) is 6.55. The van der Waals surface area contributed by atoms with Crippen molar-refractivity contribution >= 4 is 27.7 Å². The maximum absolute atomic E-state index is 12.5. The molecule has 2 aromatic heterocycles. The molecule has 0 spiro atoms. The van der Waals surface area contributed by atoms with Crippen LogP contribution < -0.4 is 15.4 Å². The number of hydrogen-bond acceptors (Lipinski definition) is 9. The number of halogens is 1. The molecule has 10 nitrogen and oxygen atoms in total. The standard InChI is InChI=1S/C25H29BrN6O4/c26-24-20-6-7-32(11-16(20)4-5-22(24)35-13-19-10-27-15-36-19)12-18(33)9-28-25(34)21-8-23(30-14-29-21)31-17-2-1-3-17/h4-5,8,10,14-15,17-18,33H,1-3,6-7,9,11-13H2,(H,28,34)(H,29,30,31)/t18-/m0/s1. The van der Waals surface area contributed by atoms with Crippen molar-refractivity contribution in [2.24, 2.45) is 0 Å². The molecule has 0 bridgehead atoms. The van der Waals surface area contributed by atoms with E-state index in [1.165, 1.54) is 30.3 Å². The van der Waals surface area contributed by atoms with Gasteiger partial charge in [-0.3, -0.25) is 9.69 Å². The van der Waals surface area contributed by atoms with E-state index in [0.717, 1.165) is 36.0 Å². The number of aliphatic hydroxyl groups is 1. The third-order valence-corrected chi connectivity index (χ3v) is 7.42. The number of fused-ring (bicyclic) bond motifs is 1. The molecule has 0 saturated heterocycles. The number of benzene rings is 1. The van der Waals surface area contributed by atoms with Crippen molar-refractivity contribution in [2.75, 3.05) is 25.0 Å². The van der Waals surface area contributed by atoms with Crippen LogP contribution >= 0.6 is 15.9 Å². The molecule has 11 heteroatoms. The second-order valence-electron chi connectivity index (χ2n) is 9.18. The minimum absolute atomic E-state index is 0.149. The molecule has 1 fully saturated rings. The number of hydrogen-bond donors (Lipinski definition) is 3. The lowest BCUT2D eigenvalue weighted by Crippen LogP contribution is -2.42. The van der Waals surface area contributed by atoms with Crippen LogP contribution in [-0.4, -0.2) is 62.6 Å². The topological polar surface area (TPSA) is 126 Å². The van der Waals surface area contributed by atoms with Gasteiger partial charge in [0, 0.05) is 38.3 Å². The Balaban J connectivity index is 1.10. The molecule has 3 heterocycles. The lowest BCUT2D eigenvalue weighted by atomic mass is 9.93. The fraction of sp³-hybridized carbons (Fsp3) is 0.440. The Bertz CT molecular complexity index is 1190. The van der Waals surface area contributed by atoms with Crippen LogP contribution in [0.15, 0.2) is 46.0 Å². The van der Waals surface area contributed by atoms with E-state index >= 15 is 0 Å². The van der Waals surface area contributed by atoms with Gasteiger partial charge in [0.15, 0.2) is 12.2 Å². The van der Waals surface area contributed by atoms with E-state index in [1.807, 2.05) is 6.07 Å². The normalized spacial score (nSPS) is 16.6. The molecule has 190 valence electrons. The summed E-state index contributed by atoms with van der Waals surface area (Å²) in [6.07, 6.45) is 7.99. The Morgan fingerprint density at radius 1 is 1.33 bits per heavy atom. The van der Waals surface area contributed by atoms with Crippen molar-refractivity contribution in [3.05, 3.63) is 64.2 Å². The number of nitrogens with one attached hydrogen (secondary N) is 2. The predicted octanol–water partition coefficient (Wildman–Crippen LogP) is 2.92. The van der Waals surface area contributed by atoms with E-state index < -0.39 is 6.10 Å². The van der Waals surface area contributed by atoms with Gasteiger partial charge in [0.1, 0.15) is 30.2 Å². The van der Waals surface area contributed by atoms with Gasteiger partial charge in [0.2, 0.25) is 0 Å². The summed E-state index contributed by atoms with van der Waals surface area (Å²) in [5.41, 5.74) is 2.68. The average molecular weight is 557 g/mol. The van der Waals surface area contributed by atoms with Crippen LogP contribution in [0.1, 0.15) is 46.6 Å². The van der Waals surface area contributed by atoms with E-state index in [4.69, 9.17) is 9.15 Å². The first-order valence-corrected chi connectivity index (χ1v) is 12.9. The molecule has 1 aromatic carbocycles. The van der Waals surface area contributed by atoms with Crippen molar-refractivity contribution in [1.82, 2.24) is 25.2 Å². The van der Waals surface area contributed by atoms with Crippen LogP contribution in [0.3, 0.4) is 0 Å². The number of oxazole rings is 1. The molecule has 3 aromatic rings. The van der Waals surface area contributed by atoms with Gasteiger partial charge in [0.25, 0.3) is 5.91 Å². The molecule has 36 heavy (non-hydrogen) atoms. The van der Waals surface area contributed by atoms with Gasteiger partial charge >= 0.3 is 0 Å². The lowest BCUT2D eigenvalue weighted by molar-refractivity contribution is 0.0837. The first-order valence-electron chi connectivity index (χ1n) is 12.1. The average Bonchev–Trinajstić information content (AvgIpc) is 3.38. The highest BCUT2D eigenvalue weighted by atomic mass is 79.9. The summed E-state index contributed by atoms with van der Waals surface area (Å²) in [6.45, 7) is 2.43. The van der Waals surface area contributed by atoms with Crippen molar-refractivity contribution in [3.8, 4) is 5.75 Å². The van der Waals surface area contributed by atoms with Crippen LogP contribution in [0.25, 0.3) is 0 Å². The van der Waals surface area contributed by atoms with E-state index in [0.29, 0.717) is 37.3 Å². The SMILES string of the molecule is O=C(NC[C@H](O)CN1CCc2c(ccc(OCc3cnco3)c2Br)C1)c1cc(NC2CCC2)ncn1. The van der Waals surface area contributed by atoms with Gasteiger partial charge in [-0.25, -0.2) is 15.0 Å². The quantitative estimate of drug-likeness (QED) is 0.345. The number of anilines is 1. The second-order valence-corrected chi connectivity index (χ2v) is 9.97. The van der Waals surface area contributed by atoms with Gasteiger partial charge in [-0.2, -0.15) is 0 Å². The molecular weight excluding hydrogens is 528 g/mol. The summed E-state index contributed by atoms with van der Waals surface area (Å²) >= 11 is 3.69. The Morgan fingerprint density at radius 2 is 2.22 bits per heavy atom. The van der Waals surface area contributed by atoms with Crippen LogP contribution in [0, 0.1) is 0 Å². The summed E-state index contributed by atoms with van der Waals surface area (Å²) in [5.74, 6) is 1.76. The van der Waals surface area contributed by atoms with Crippen LogP contribution in [-0.2, 0) is 19.6 Å². The van der Waals surface area contributed by atoms with E-state index in [2.05, 4.69) is 52.5 Å². The molecule has 0 unspecified atom stereocenters. The Labute approximate surface area is 217 Å². The first kappa shape index (κ1) is 24.7. The number of ether oxygens (including phenoxy) is 1. The molecule has 1 aliphatic heterocycles. The van der Waals surface area contributed by atoms with E-state index in [9.17, 15) is 9.90 Å². The molecule has 0 radical (unpaired) electrons. The van der Waals surface area contributed by atoms with Crippen molar-refractivity contribution < 1.29 is 19.1 Å². The van der Waals surface area contributed by atoms with Crippen molar-refractivity contribution in [2.45, 2.75) is 51.0 Å². The Hall–Kier alpha value is -3.02. The summed E-state index contributed by atoms with van der Waals surface area (Å²) in [6, 6.07) is 6.07. The minimum atomic E-state index is -0.696. The summed E-state index contributed by atoms with van der Waals surface area (Å²) in [4.78, 5) is 26.9. The summed E-state index contributed by atoms with van der Waals surface area (Å²) in [7, 11) is 0. The minimum Gasteiger partial charge on any atom is -0.484 e. The largest absolute Gasteiger partial charge is 0.484 e. The number of nitrogens with zero attached hydrogens (tertiary/aromatic N) is 4.